The molecule has 0 saturated carbocycles. The van der Waals surface area contributed by atoms with Crippen molar-refractivity contribution >= 4 is 27.7 Å². The Labute approximate surface area is 178 Å². The number of hydrogen-bond acceptors (Lipinski definition) is 4. The zero-order valence-corrected chi connectivity index (χ0v) is 17.8. The molecule has 1 aliphatic carbocycles. The van der Waals surface area contributed by atoms with Gasteiger partial charge < -0.3 is 10.4 Å². The number of halogens is 1. The molecule has 0 unspecified atom stereocenters. The van der Waals surface area contributed by atoms with Crippen LogP contribution in [-0.2, 0) is 30.5 Å². The van der Waals surface area contributed by atoms with E-state index in [1.807, 2.05) is 30.3 Å². The molecular weight excluding hydrogens is 430 g/mol. The van der Waals surface area contributed by atoms with Crippen LogP contribution in [-0.4, -0.2) is 21.0 Å². The number of carbonyl (C=O) groups excluding carboxylic acids is 1. The Balaban J connectivity index is 1.63. The van der Waals surface area contributed by atoms with E-state index in [2.05, 4.69) is 28.2 Å². The summed E-state index contributed by atoms with van der Waals surface area (Å²) >= 11 is 3.41. The minimum absolute atomic E-state index is 0.0972. The summed E-state index contributed by atoms with van der Waals surface area (Å²) in [6.45, 7) is 2.08. The van der Waals surface area contributed by atoms with Gasteiger partial charge in [0.1, 0.15) is 5.75 Å². The Kier molecular flexibility index (Phi) is 5.62. The molecule has 6 heteroatoms. The van der Waals surface area contributed by atoms with Crippen LogP contribution in [0.15, 0.2) is 46.9 Å². The fourth-order valence-corrected chi connectivity index (χ4v) is 3.91. The number of anilines is 1. The molecule has 2 aromatic carbocycles. The van der Waals surface area contributed by atoms with E-state index < -0.39 is 0 Å². The summed E-state index contributed by atoms with van der Waals surface area (Å²) in [6, 6.07) is 13.1. The number of amides is 1. The average Bonchev–Trinajstić information content (AvgIpc) is 2.70. The van der Waals surface area contributed by atoms with Crippen LogP contribution >= 0.6 is 15.9 Å². The summed E-state index contributed by atoms with van der Waals surface area (Å²) in [5.41, 5.74) is 5.60. The molecule has 29 heavy (non-hydrogen) atoms. The number of aromatic hydroxyl groups is 1. The van der Waals surface area contributed by atoms with Crippen LogP contribution in [0.25, 0.3) is 11.3 Å². The van der Waals surface area contributed by atoms with Crippen molar-refractivity contribution in [2.45, 2.75) is 39.0 Å². The van der Waals surface area contributed by atoms with Gasteiger partial charge in [-0.25, -0.2) is 9.97 Å². The summed E-state index contributed by atoms with van der Waals surface area (Å²) in [7, 11) is 0. The van der Waals surface area contributed by atoms with Gasteiger partial charge in [-0.3, -0.25) is 4.79 Å². The van der Waals surface area contributed by atoms with Crippen molar-refractivity contribution in [3.63, 3.8) is 0 Å². The molecule has 0 spiro atoms. The predicted octanol–water partition coefficient (Wildman–Crippen LogP) is 4.84. The van der Waals surface area contributed by atoms with Crippen molar-refractivity contribution in [1.29, 1.82) is 0 Å². The predicted molar refractivity (Wildman–Crippen MR) is 117 cm³/mol. The Morgan fingerprint density at radius 2 is 1.93 bits per heavy atom. The average molecular weight is 452 g/mol. The number of fused-ring (bicyclic) bond motifs is 3. The molecule has 0 atom stereocenters. The van der Waals surface area contributed by atoms with Gasteiger partial charge in [-0.1, -0.05) is 41.4 Å². The Morgan fingerprint density at radius 3 is 2.69 bits per heavy atom. The summed E-state index contributed by atoms with van der Waals surface area (Å²) < 4.78 is 0.987. The SMILES string of the molecule is CCCc1nc2c(nc1NC(=O)Cc1ccc(Br)cc1)CCc1cc(O)ccc1-2. The van der Waals surface area contributed by atoms with Gasteiger partial charge >= 0.3 is 0 Å². The topological polar surface area (TPSA) is 75.1 Å². The number of benzene rings is 2. The van der Waals surface area contributed by atoms with Crippen molar-refractivity contribution in [3.05, 3.63) is 69.5 Å². The monoisotopic (exact) mass is 451 g/mol. The number of rotatable bonds is 5. The number of phenolic OH excluding ortho intramolecular Hbond substituents is 1. The first-order chi connectivity index (χ1) is 14.0. The number of aryl methyl sites for hydroxylation is 3. The molecule has 1 amide bonds. The fraction of sp³-hybridized carbons (Fsp3) is 0.261. The molecule has 0 fully saturated rings. The highest BCUT2D eigenvalue weighted by Crippen LogP contribution is 2.34. The molecule has 4 rings (SSSR count). The van der Waals surface area contributed by atoms with E-state index in [9.17, 15) is 9.90 Å². The summed E-state index contributed by atoms with van der Waals surface area (Å²) in [4.78, 5) is 22.3. The first-order valence-corrected chi connectivity index (χ1v) is 10.6. The lowest BCUT2D eigenvalue weighted by atomic mass is 9.91. The van der Waals surface area contributed by atoms with E-state index in [4.69, 9.17) is 9.97 Å². The molecule has 2 N–H and O–H groups in total. The number of nitrogens with zero attached hydrogens (tertiary/aromatic N) is 2. The first kappa shape index (κ1) is 19.6. The molecule has 148 valence electrons. The van der Waals surface area contributed by atoms with Crippen molar-refractivity contribution < 1.29 is 9.90 Å². The van der Waals surface area contributed by atoms with Crippen molar-refractivity contribution in [3.8, 4) is 17.0 Å². The van der Waals surface area contributed by atoms with E-state index in [0.717, 1.165) is 63.9 Å². The zero-order valence-electron chi connectivity index (χ0n) is 16.2. The molecule has 5 nitrogen and oxygen atoms in total. The quantitative estimate of drug-likeness (QED) is 0.581. The van der Waals surface area contributed by atoms with Gasteiger partial charge in [-0.05, 0) is 60.7 Å². The lowest BCUT2D eigenvalue weighted by Gasteiger charge is -2.21. The van der Waals surface area contributed by atoms with E-state index in [-0.39, 0.29) is 11.7 Å². The second kappa shape index (κ2) is 8.33. The molecule has 1 aliphatic rings. The van der Waals surface area contributed by atoms with Crippen molar-refractivity contribution in [2.75, 3.05) is 5.32 Å². The third kappa shape index (κ3) is 4.32. The smallest absolute Gasteiger partial charge is 0.229 e. The molecule has 0 bridgehead atoms. The van der Waals surface area contributed by atoms with Crippen molar-refractivity contribution in [1.82, 2.24) is 9.97 Å². The molecule has 0 saturated heterocycles. The molecule has 1 heterocycles. The van der Waals surface area contributed by atoms with E-state index in [1.165, 1.54) is 0 Å². The highest BCUT2D eigenvalue weighted by Gasteiger charge is 2.22. The standard InChI is InChI=1S/C23H22BrN3O2/c1-2-3-20-23(27-21(29)12-14-4-7-16(24)8-5-14)26-19-11-6-15-13-17(28)9-10-18(15)22(19)25-20/h4-5,7-10,13,28H,2-3,6,11-12H2,1H3,(H,26,27,29). The third-order valence-corrected chi connectivity index (χ3v) is 5.57. The molecule has 0 aliphatic heterocycles. The van der Waals surface area contributed by atoms with Gasteiger partial charge in [0.15, 0.2) is 5.82 Å². The fourth-order valence-electron chi connectivity index (χ4n) is 3.64. The number of hydrogen-bond donors (Lipinski definition) is 2. The maximum Gasteiger partial charge on any atom is 0.229 e. The van der Waals surface area contributed by atoms with Crippen LogP contribution < -0.4 is 5.32 Å². The van der Waals surface area contributed by atoms with E-state index in [0.29, 0.717) is 12.2 Å². The Bertz CT molecular complexity index is 1060. The second-order valence-electron chi connectivity index (χ2n) is 7.26. The second-order valence-corrected chi connectivity index (χ2v) is 8.17. The molecule has 1 aromatic heterocycles. The highest BCUT2D eigenvalue weighted by atomic mass is 79.9. The van der Waals surface area contributed by atoms with Crippen LogP contribution in [0.3, 0.4) is 0 Å². The van der Waals surface area contributed by atoms with Gasteiger partial charge in [0.25, 0.3) is 0 Å². The van der Waals surface area contributed by atoms with Gasteiger partial charge in [0, 0.05) is 10.0 Å². The lowest BCUT2D eigenvalue weighted by molar-refractivity contribution is -0.115. The minimum Gasteiger partial charge on any atom is -0.508 e. The number of phenols is 1. The Morgan fingerprint density at radius 1 is 1.14 bits per heavy atom. The van der Waals surface area contributed by atoms with Gasteiger partial charge in [0.2, 0.25) is 5.91 Å². The lowest BCUT2D eigenvalue weighted by Crippen LogP contribution is -2.19. The number of carbonyl (C=O) groups is 1. The Hall–Kier alpha value is -2.73. The van der Waals surface area contributed by atoms with Crippen LogP contribution in [0.2, 0.25) is 0 Å². The first-order valence-electron chi connectivity index (χ1n) is 9.80. The van der Waals surface area contributed by atoms with Crippen LogP contribution in [0, 0.1) is 0 Å². The molecular formula is C23H22BrN3O2. The maximum absolute atomic E-state index is 12.6. The summed E-state index contributed by atoms with van der Waals surface area (Å²) in [5, 5.41) is 12.7. The largest absolute Gasteiger partial charge is 0.508 e. The molecule has 3 aromatic rings. The summed E-state index contributed by atoms with van der Waals surface area (Å²) in [6.07, 6.45) is 3.47. The van der Waals surface area contributed by atoms with Crippen molar-refractivity contribution in [2.24, 2.45) is 0 Å². The van der Waals surface area contributed by atoms with Gasteiger partial charge in [0.05, 0.1) is 23.5 Å². The normalized spacial score (nSPS) is 12.2. The zero-order chi connectivity index (χ0) is 20.4. The van der Waals surface area contributed by atoms with E-state index in [1.54, 1.807) is 12.1 Å². The number of nitrogens with one attached hydrogen (secondary N) is 1. The summed E-state index contributed by atoms with van der Waals surface area (Å²) in [5.74, 6) is 0.737. The van der Waals surface area contributed by atoms with Gasteiger partial charge in [-0.2, -0.15) is 0 Å². The van der Waals surface area contributed by atoms with Crippen LogP contribution in [0.1, 0.15) is 35.9 Å². The minimum atomic E-state index is -0.0972. The highest BCUT2D eigenvalue weighted by molar-refractivity contribution is 9.10. The molecule has 0 radical (unpaired) electrons. The van der Waals surface area contributed by atoms with Crippen LogP contribution in [0.4, 0.5) is 5.82 Å². The third-order valence-electron chi connectivity index (χ3n) is 5.04. The maximum atomic E-state index is 12.6. The van der Waals surface area contributed by atoms with Gasteiger partial charge in [-0.15, -0.1) is 0 Å². The van der Waals surface area contributed by atoms with Crippen LogP contribution in [0.5, 0.6) is 5.75 Å². The van der Waals surface area contributed by atoms with E-state index >= 15 is 0 Å². The number of aromatic nitrogens is 2.